The van der Waals surface area contributed by atoms with E-state index in [1.165, 1.54) is 0 Å². The summed E-state index contributed by atoms with van der Waals surface area (Å²) < 4.78 is 7.71. The first-order valence-electron chi connectivity index (χ1n) is 6.98. The lowest BCUT2D eigenvalue weighted by Gasteiger charge is -2.09. The minimum absolute atomic E-state index is 0.292. The number of rotatable bonds is 4. The normalized spacial score (nSPS) is 11.2. The van der Waals surface area contributed by atoms with E-state index in [0.717, 1.165) is 16.5 Å². The summed E-state index contributed by atoms with van der Waals surface area (Å²) in [5, 5.41) is 5.32. The van der Waals surface area contributed by atoms with Crippen LogP contribution in [-0.4, -0.2) is 14.8 Å². The van der Waals surface area contributed by atoms with Gasteiger partial charge in [0.15, 0.2) is 5.75 Å². The summed E-state index contributed by atoms with van der Waals surface area (Å²) in [6, 6.07) is 10.2. The predicted octanol–water partition coefficient (Wildman–Crippen LogP) is 3.26. The lowest BCUT2D eigenvalue weighted by atomic mass is 10.1. The van der Waals surface area contributed by atoms with Crippen molar-refractivity contribution >= 4 is 10.9 Å². The predicted molar refractivity (Wildman–Crippen MR) is 82.3 cm³/mol. The Kier molecular flexibility index (Phi) is 3.58. The smallest absolute Gasteiger partial charge is 0.224 e. The Hall–Kier alpha value is -2.40. The summed E-state index contributed by atoms with van der Waals surface area (Å²) >= 11 is 0. The van der Waals surface area contributed by atoms with Crippen LogP contribution < -0.4 is 10.5 Å². The van der Waals surface area contributed by atoms with Crippen molar-refractivity contribution in [3.05, 3.63) is 48.3 Å². The van der Waals surface area contributed by atoms with Crippen LogP contribution in [-0.2, 0) is 6.54 Å². The molecular weight excluding hydrogens is 264 g/mol. The first-order chi connectivity index (χ1) is 10.2. The summed E-state index contributed by atoms with van der Waals surface area (Å²) in [5.74, 6) is 1.21. The molecule has 5 nitrogen and oxygen atoms in total. The van der Waals surface area contributed by atoms with Crippen LogP contribution in [0.1, 0.15) is 25.5 Å². The van der Waals surface area contributed by atoms with Crippen molar-refractivity contribution < 1.29 is 4.74 Å². The standard InChI is InChI=1S/C16H18N4O/c1-11(2)20-10-14(9-18-20)21-16-13(8-17)7-12-5-3-4-6-15(12)19-16/h3-7,9-11H,8,17H2,1-2H3. The van der Waals surface area contributed by atoms with E-state index in [-0.39, 0.29) is 0 Å². The molecule has 2 N–H and O–H groups in total. The van der Waals surface area contributed by atoms with Crippen molar-refractivity contribution in [1.29, 1.82) is 0 Å². The summed E-state index contributed by atoms with van der Waals surface area (Å²) in [6.07, 6.45) is 3.55. The fraction of sp³-hybridized carbons (Fsp3) is 0.250. The molecule has 0 spiro atoms. The average molecular weight is 282 g/mol. The van der Waals surface area contributed by atoms with Gasteiger partial charge in [-0.3, -0.25) is 4.68 Å². The number of aromatic nitrogens is 3. The Morgan fingerprint density at radius 1 is 1.29 bits per heavy atom. The Bertz CT molecular complexity index is 764. The highest BCUT2D eigenvalue weighted by molar-refractivity contribution is 5.80. The monoisotopic (exact) mass is 282 g/mol. The van der Waals surface area contributed by atoms with Crippen molar-refractivity contribution in [2.45, 2.75) is 26.4 Å². The van der Waals surface area contributed by atoms with Crippen molar-refractivity contribution in [1.82, 2.24) is 14.8 Å². The molecule has 0 aliphatic rings. The molecule has 0 fully saturated rings. The minimum atomic E-state index is 0.292. The molecule has 0 unspecified atom stereocenters. The van der Waals surface area contributed by atoms with Crippen LogP contribution in [0.2, 0.25) is 0 Å². The summed E-state index contributed by atoms with van der Waals surface area (Å²) in [4.78, 5) is 4.56. The zero-order chi connectivity index (χ0) is 14.8. The van der Waals surface area contributed by atoms with Gasteiger partial charge in [0.05, 0.1) is 17.9 Å². The van der Waals surface area contributed by atoms with Gasteiger partial charge in [-0.15, -0.1) is 0 Å². The van der Waals surface area contributed by atoms with Gasteiger partial charge in [-0.1, -0.05) is 18.2 Å². The molecule has 0 bridgehead atoms. The largest absolute Gasteiger partial charge is 0.435 e. The maximum atomic E-state index is 5.86. The van der Waals surface area contributed by atoms with E-state index in [9.17, 15) is 0 Å². The molecule has 1 aromatic carbocycles. The molecule has 0 atom stereocenters. The molecule has 108 valence electrons. The molecule has 21 heavy (non-hydrogen) atoms. The number of fused-ring (bicyclic) bond motifs is 1. The van der Waals surface area contributed by atoms with Gasteiger partial charge in [-0.25, -0.2) is 4.98 Å². The van der Waals surface area contributed by atoms with Gasteiger partial charge >= 0.3 is 0 Å². The topological polar surface area (TPSA) is 66.0 Å². The Morgan fingerprint density at radius 2 is 2.10 bits per heavy atom. The second-order valence-corrected chi connectivity index (χ2v) is 5.20. The Morgan fingerprint density at radius 3 is 2.81 bits per heavy atom. The molecule has 3 aromatic rings. The quantitative estimate of drug-likeness (QED) is 0.797. The van der Waals surface area contributed by atoms with Crippen molar-refractivity contribution in [3.8, 4) is 11.6 Å². The van der Waals surface area contributed by atoms with Crippen LogP contribution in [0.4, 0.5) is 0 Å². The molecule has 0 aliphatic carbocycles. The highest BCUT2D eigenvalue weighted by Gasteiger charge is 2.10. The minimum Gasteiger partial charge on any atom is -0.435 e. The first-order valence-corrected chi connectivity index (χ1v) is 6.98. The van der Waals surface area contributed by atoms with Crippen LogP contribution >= 0.6 is 0 Å². The molecule has 0 saturated heterocycles. The van der Waals surface area contributed by atoms with Crippen molar-refractivity contribution in [2.75, 3.05) is 0 Å². The van der Waals surface area contributed by atoms with Gasteiger partial charge in [-0.05, 0) is 26.0 Å². The second kappa shape index (κ2) is 5.54. The van der Waals surface area contributed by atoms with E-state index in [4.69, 9.17) is 10.5 Å². The van der Waals surface area contributed by atoms with E-state index in [1.54, 1.807) is 6.20 Å². The van der Waals surface area contributed by atoms with Gasteiger partial charge in [-0.2, -0.15) is 5.10 Å². The number of nitrogens with zero attached hydrogens (tertiary/aromatic N) is 3. The summed E-state index contributed by atoms with van der Waals surface area (Å²) in [7, 11) is 0. The summed E-state index contributed by atoms with van der Waals surface area (Å²) in [6.45, 7) is 4.51. The van der Waals surface area contributed by atoms with Crippen molar-refractivity contribution in [3.63, 3.8) is 0 Å². The zero-order valence-electron chi connectivity index (χ0n) is 12.2. The maximum absolute atomic E-state index is 5.86. The molecule has 0 radical (unpaired) electrons. The van der Waals surface area contributed by atoms with Crippen LogP contribution in [0.5, 0.6) is 11.6 Å². The molecule has 2 heterocycles. The molecular formula is C16H18N4O. The van der Waals surface area contributed by atoms with Gasteiger partial charge in [0.1, 0.15) is 0 Å². The number of benzene rings is 1. The fourth-order valence-electron chi connectivity index (χ4n) is 2.14. The van der Waals surface area contributed by atoms with Gasteiger partial charge < -0.3 is 10.5 Å². The number of hydrogen-bond acceptors (Lipinski definition) is 4. The van der Waals surface area contributed by atoms with E-state index < -0.39 is 0 Å². The van der Waals surface area contributed by atoms with E-state index in [2.05, 4.69) is 23.9 Å². The fourth-order valence-corrected chi connectivity index (χ4v) is 2.14. The third-order valence-electron chi connectivity index (χ3n) is 3.30. The summed E-state index contributed by atoms with van der Waals surface area (Å²) in [5.41, 5.74) is 7.58. The molecule has 0 saturated carbocycles. The van der Waals surface area contributed by atoms with Crippen LogP contribution in [0.3, 0.4) is 0 Å². The van der Waals surface area contributed by atoms with Crippen molar-refractivity contribution in [2.24, 2.45) is 5.73 Å². The van der Waals surface area contributed by atoms with Gasteiger partial charge in [0, 0.05) is 23.5 Å². The Labute approximate surface area is 123 Å². The molecule has 3 rings (SSSR count). The van der Waals surface area contributed by atoms with E-state index in [0.29, 0.717) is 24.2 Å². The number of para-hydroxylation sites is 1. The molecule has 5 heteroatoms. The number of hydrogen-bond donors (Lipinski definition) is 1. The highest BCUT2D eigenvalue weighted by atomic mass is 16.5. The average Bonchev–Trinajstić information content (AvgIpc) is 2.95. The first kappa shape index (κ1) is 13.6. The number of ether oxygens (including phenoxy) is 1. The van der Waals surface area contributed by atoms with Crippen LogP contribution in [0.25, 0.3) is 10.9 Å². The van der Waals surface area contributed by atoms with Gasteiger partial charge in [0.25, 0.3) is 0 Å². The third-order valence-corrected chi connectivity index (χ3v) is 3.30. The van der Waals surface area contributed by atoms with Crippen LogP contribution in [0, 0.1) is 0 Å². The second-order valence-electron chi connectivity index (χ2n) is 5.20. The molecule has 0 amide bonds. The lowest BCUT2D eigenvalue weighted by Crippen LogP contribution is -2.02. The Balaban J connectivity index is 1.98. The zero-order valence-corrected chi connectivity index (χ0v) is 12.2. The highest BCUT2D eigenvalue weighted by Crippen LogP contribution is 2.26. The van der Waals surface area contributed by atoms with Crippen LogP contribution in [0.15, 0.2) is 42.7 Å². The third kappa shape index (κ3) is 2.73. The van der Waals surface area contributed by atoms with E-state index in [1.807, 2.05) is 41.2 Å². The molecule has 2 aromatic heterocycles. The lowest BCUT2D eigenvalue weighted by molar-refractivity contribution is 0.455. The SMILES string of the molecule is CC(C)n1cc(Oc2nc3ccccc3cc2CN)cn1. The van der Waals surface area contributed by atoms with E-state index >= 15 is 0 Å². The molecule has 0 aliphatic heterocycles. The number of nitrogens with two attached hydrogens (primary N) is 1. The van der Waals surface area contributed by atoms with Gasteiger partial charge in [0.2, 0.25) is 5.88 Å². The number of pyridine rings is 1. The maximum Gasteiger partial charge on any atom is 0.224 e.